The van der Waals surface area contributed by atoms with Gasteiger partial charge in [-0.3, -0.25) is 0 Å². The average molecular weight is 376 g/mol. The van der Waals surface area contributed by atoms with Crippen molar-refractivity contribution in [3.8, 4) is 11.5 Å². The van der Waals surface area contributed by atoms with E-state index in [-0.39, 0.29) is 5.56 Å². The molecular weight excluding hydrogens is 356 g/mol. The fourth-order valence-electron chi connectivity index (χ4n) is 2.62. The fraction of sp³-hybridized carbons (Fsp3) is 0.316. The van der Waals surface area contributed by atoms with Crippen LogP contribution in [0.1, 0.15) is 10.4 Å². The summed E-state index contributed by atoms with van der Waals surface area (Å²) in [6.45, 7) is -0.412. The van der Waals surface area contributed by atoms with Crippen molar-refractivity contribution in [2.24, 2.45) is 0 Å². The van der Waals surface area contributed by atoms with Crippen molar-refractivity contribution >= 4 is 5.97 Å². The Morgan fingerprint density at radius 1 is 0.889 bits per heavy atom. The summed E-state index contributed by atoms with van der Waals surface area (Å²) in [6.07, 6.45) is -7.62. The monoisotopic (exact) mass is 376 g/mol. The lowest BCUT2D eigenvalue weighted by Gasteiger charge is -2.37. The van der Waals surface area contributed by atoms with Gasteiger partial charge in [0, 0.05) is 0 Å². The molecule has 1 aliphatic rings. The Hall–Kier alpha value is -2.49. The minimum Gasteiger partial charge on any atom is -0.459 e. The summed E-state index contributed by atoms with van der Waals surface area (Å²) in [7, 11) is 0. The highest BCUT2D eigenvalue weighted by atomic mass is 16.6. The first-order valence-electron chi connectivity index (χ1n) is 8.33. The van der Waals surface area contributed by atoms with Crippen LogP contribution in [0.2, 0.25) is 0 Å². The molecule has 1 saturated heterocycles. The highest BCUT2D eigenvalue weighted by molar-refractivity contribution is 5.89. The Balaban J connectivity index is 1.60. The zero-order chi connectivity index (χ0) is 19.4. The third-order valence-electron chi connectivity index (χ3n) is 4.11. The maximum Gasteiger partial charge on any atom is 0.338 e. The van der Waals surface area contributed by atoms with Gasteiger partial charge in [0.2, 0.25) is 0 Å². The number of rotatable bonds is 5. The van der Waals surface area contributed by atoms with Crippen LogP contribution in [-0.2, 0) is 9.47 Å². The summed E-state index contributed by atoms with van der Waals surface area (Å²) in [6, 6.07) is 15.4. The third-order valence-corrected chi connectivity index (χ3v) is 4.11. The third kappa shape index (κ3) is 4.62. The number of esters is 1. The first-order valence-corrected chi connectivity index (χ1v) is 8.33. The molecule has 4 N–H and O–H groups in total. The predicted octanol–water partition coefficient (Wildman–Crippen LogP) is 0.436. The van der Waals surface area contributed by atoms with Crippen molar-refractivity contribution in [1.29, 1.82) is 0 Å². The van der Waals surface area contributed by atoms with Crippen LogP contribution in [0.5, 0.6) is 11.5 Å². The number of ether oxygens (including phenoxy) is 3. The van der Waals surface area contributed by atoms with Gasteiger partial charge in [0.15, 0.2) is 6.29 Å². The first kappa shape index (κ1) is 19.3. The lowest BCUT2D eigenvalue weighted by atomic mass is 9.99. The minimum absolute atomic E-state index is 0.217. The van der Waals surface area contributed by atoms with Crippen LogP contribution in [0.15, 0.2) is 54.6 Å². The Labute approximate surface area is 155 Å². The quantitative estimate of drug-likeness (QED) is 0.554. The summed E-state index contributed by atoms with van der Waals surface area (Å²) in [4.78, 5) is 12.2. The van der Waals surface area contributed by atoms with Gasteiger partial charge in [0.05, 0.1) is 5.56 Å². The van der Waals surface area contributed by atoms with Gasteiger partial charge in [-0.1, -0.05) is 24.3 Å². The second kappa shape index (κ2) is 8.47. The lowest BCUT2D eigenvalue weighted by molar-refractivity contribution is -0.286. The van der Waals surface area contributed by atoms with E-state index in [4.69, 9.17) is 14.2 Å². The molecule has 2 aromatic rings. The normalized spacial score (nSPS) is 27.8. The number of benzene rings is 2. The van der Waals surface area contributed by atoms with E-state index >= 15 is 0 Å². The van der Waals surface area contributed by atoms with E-state index in [1.165, 1.54) is 12.1 Å². The highest BCUT2D eigenvalue weighted by Gasteiger charge is 2.43. The molecule has 8 heteroatoms. The van der Waals surface area contributed by atoms with E-state index in [9.17, 15) is 25.2 Å². The van der Waals surface area contributed by atoms with E-state index in [1.807, 2.05) is 18.2 Å². The van der Waals surface area contributed by atoms with Crippen LogP contribution in [-0.4, -0.2) is 63.7 Å². The molecule has 27 heavy (non-hydrogen) atoms. The smallest absolute Gasteiger partial charge is 0.338 e. The summed E-state index contributed by atoms with van der Waals surface area (Å²) in [5, 5.41) is 38.4. The molecule has 1 fully saturated rings. The Bertz CT molecular complexity index is 765. The predicted molar refractivity (Wildman–Crippen MR) is 92.1 cm³/mol. The standard InChI is InChI=1S/C19H20O8/c20-15-14(27-19(24)17(22)16(15)21)10-25-18(23)11-5-4-8-13(9-11)26-12-6-2-1-3-7-12/h1-9,14-17,19-22,24H,10H2/t14-,15-,16+,17-,19?/m1/s1. The molecule has 0 amide bonds. The highest BCUT2D eigenvalue weighted by Crippen LogP contribution is 2.23. The van der Waals surface area contributed by atoms with Crippen molar-refractivity contribution in [3.05, 3.63) is 60.2 Å². The number of para-hydroxylation sites is 1. The largest absolute Gasteiger partial charge is 0.459 e. The molecular formula is C19H20O8. The summed E-state index contributed by atoms with van der Waals surface area (Å²) < 4.78 is 15.7. The van der Waals surface area contributed by atoms with Crippen molar-refractivity contribution < 1.29 is 39.4 Å². The van der Waals surface area contributed by atoms with Crippen LogP contribution in [0, 0.1) is 0 Å². The number of carbonyl (C=O) groups is 1. The second-order valence-corrected chi connectivity index (χ2v) is 6.08. The summed E-state index contributed by atoms with van der Waals surface area (Å²) >= 11 is 0. The SMILES string of the molecule is O=C(OC[C@H]1OC(O)[C@H](O)[C@@H](O)[C@@H]1O)c1cccc(Oc2ccccc2)c1. The molecule has 1 aliphatic heterocycles. The van der Waals surface area contributed by atoms with Crippen molar-refractivity contribution in [1.82, 2.24) is 0 Å². The van der Waals surface area contributed by atoms with Gasteiger partial charge in [-0.15, -0.1) is 0 Å². The first-order chi connectivity index (χ1) is 13.0. The zero-order valence-electron chi connectivity index (χ0n) is 14.2. The Morgan fingerprint density at radius 2 is 1.59 bits per heavy atom. The molecule has 144 valence electrons. The molecule has 0 radical (unpaired) electrons. The molecule has 0 saturated carbocycles. The maximum atomic E-state index is 12.2. The summed E-state index contributed by atoms with van der Waals surface area (Å²) in [5.41, 5.74) is 0.217. The summed E-state index contributed by atoms with van der Waals surface area (Å²) in [5.74, 6) is 0.362. The van der Waals surface area contributed by atoms with E-state index in [2.05, 4.69) is 0 Å². The molecule has 5 atom stereocenters. The zero-order valence-corrected chi connectivity index (χ0v) is 14.2. The molecule has 8 nitrogen and oxygen atoms in total. The van der Waals surface area contributed by atoms with Gasteiger partial charge in [-0.05, 0) is 30.3 Å². The van der Waals surface area contributed by atoms with Crippen LogP contribution in [0.3, 0.4) is 0 Å². The number of hydrogen-bond donors (Lipinski definition) is 4. The molecule has 0 bridgehead atoms. The van der Waals surface area contributed by atoms with Gasteiger partial charge in [0.1, 0.15) is 42.5 Å². The maximum absolute atomic E-state index is 12.2. The lowest BCUT2D eigenvalue weighted by Crippen LogP contribution is -2.58. The molecule has 0 spiro atoms. The van der Waals surface area contributed by atoms with Crippen LogP contribution in [0.4, 0.5) is 0 Å². The second-order valence-electron chi connectivity index (χ2n) is 6.08. The van der Waals surface area contributed by atoms with Crippen molar-refractivity contribution in [2.45, 2.75) is 30.7 Å². The van der Waals surface area contributed by atoms with E-state index in [0.717, 1.165) is 0 Å². The van der Waals surface area contributed by atoms with Gasteiger partial charge in [0.25, 0.3) is 0 Å². The molecule has 1 heterocycles. The average Bonchev–Trinajstić information content (AvgIpc) is 2.69. The topological polar surface area (TPSA) is 126 Å². The fourth-order valence-corrected chi connectivity index (χ4v) is 2.62. The molecule has 1 unspecified atom stereocenters. The van der Waals surface area contributed by atoms with Gasteiger partial charge in [-0.2, -0.15) is 0 Å². The van der Waals surface area contributed by atoms with Crippen molar-refractivity contribution in [2.75, 3.05) is 6.61 Å². The van der Waals surface area contributed by atoms with E-state index in [1.54, 1.807) is 24.3 Å². The van der Waals surface area contributed by atoms with Crippen molar-refractivity contribution in [3.63, 3.8) is 0 Å². The van der Waals surface area contributed by atoms with Gasteiger partial charge in [-0.25, -0.2) is 4.79 Å². The minimum atomic E-state index is -1.69. The van der Waals surface area contributed by atoms with Crippen LogP contribution in [0.25, 0.3) is 0 Å². The number of hydrogen-bond acceptors (Lipinski definition) is 8. The van der Waals surface area contributed by atoms with E-state index < -0.39 is 43.3 Å². The van der Waals surface area contributed by atoms with E-state index in [0.29, 0.717) is 11.5 Å². The number of aliphatic hydroxyl groups excluding tert-OH is 4. The number of carbonyl (C=O) groups excluding carboxylic acids is 1. The molecule has 0 aliphatic carbocycles. The van der Waals surface area contributed by atoms with Gasteiger partial charge < -0.3 is 34.6 Å². The Kier molecular flexibility index (Phi) is 6.04. The molecule has 3 rings (SSSR count). The van der Waals surface area contributed by atoms with Crippen LogP contribution < -0.4 is 4.74 Å². The van der Waals surface area contributed by atoms with Crippen LogP contribution >= 0.6 is 0 Å². The number of aliphatic hydroxyl groups is 4. The molecule has 2 aromatic carbocycles. The Morgan fingerprint density at radius 3 is 2.33 bits per heavy atom. The molecule has 0 aromatic heterocycles. The van der Waals surface area contributed by atoms with Gasteiger partial charge >= 0.3 is 5.97 Å².